The van der Waals surface area contributed by atoms with Gasteiger partial charge >= 0.3 is 0 Å². The van der Waals surface area contributed by atoms with E-state index < -0.39 is 10.5 Å². The lowest BCUT2D eigenvalue weighted by molar-refractivity contribution is -0.384. The van der Waals surface area contributed by atoms with Gasteiger partial charge in [-0.05, 0) is 6.42 Å². The maximum atomic E-state index is 10.6. The number of anilines is 1. The first-order valence-electron chi connectivity index (χ1n) is 5.17. The van der Waals surface area contributed by atoms with Gasteiger partial charge in [0.05, 0.1) is 29.7 Å². The van der Waals surface area contributed by atoms with Gasteiger partial charge in [0.2, 0.25) is 0 Å². The van der Waals surface area contributed by atoms with Gasteiger partial charge in [-0.15, -0.1) is 0 Å². The molecule has 0 amide bonds. The molecular formula is C10H15N3O4. The van der Waals surface area contributed by atoms with Crippen LogP contribution in [-0.2, 0) is 0 Å². The highest BCUT2D eigenvalue weighted by Crippen LogP contribution is 2.20. The summed E-state index contributed by atoms with van der Waals surface area (Å²) >= 11 is 0. The van der Waals surface area contributed by atoms with Gasteiger partial charge in [-0.3, -0.25) is 10.1 Å². The number of nitro groups is 1. The average Bonchev–Trinajstić information content (AvgIpc) is 2.36. The highest BCUT2D eigenvalue weighted by atomic mass is 16.6. The number of aliphatic hydroxyl groups excluding tert-OH is 2. The van der Waals surface area contributed by atoms with E-state index in [2.05, 4.69) is 10.3 Å². The van der Waals surface area contributed by atoms with Gasteiger partial charge in [0.1, 0.15) is 5.82 Å². The third kappa shape index (κ3) is 3.11. The second kappa shape index (κ2) is 5.55. The molecule has 3 N–H and O–H groups in total. The molecule has 0 aliphatic heterocycles. The van der Waals surface area contributed by atoms with Gasteiger partial charge in [0, 0.05) is 12.3 Å². The number of nitrogens with zero attached hydrogens (tertiary/aromatic N) is 2. The Balaban J connectivity index is 2.93. The molecule has 0 saturated carbocycles. The molecule has 7 heteroatoms. The van der Waals surface area contributed by atoms with E-state index in [1.807, 2.05) is 0 Å². The highest BCUT2D eigenvalue weighted by Gasteiger charge is 2.27. The Morgan fingerprint density at radius 3 is 2.65 bits per heavy atom. The summed E-state index contributed by atoms with van der Waals surface area (Å²) in [4.78, 5) is 14.0. The SMILES string of the molecule is CCC(CO)(CO)Nc1cc([N+](=O)[O-])ccn1. The van der Waals surface area contributed by atoms with Crippen molar-refractivity contribution in [2.45, 2.75) is 18.9 Å². The lowest BCUT2D eigenvalue weighted by Crippen LogP contribution is -2.45. The van der Waals surface area contributed by atoms with Gasteiger partial charge in [-0.1, -0.05) is 6.92 Å². The van der Waals surface area contributed by atoms with Crippen LogP contribution in [0.2, 0.25) is 0 Å². The molecule has 0 saturated heterocycles. The first-order valence-corrected chi connectivity index (χ1v) is 5.17. The summed E-state index contributed by atoms with van der Waals surface area (Å²) in [5.41, 5.74) is -1.01. The fraction of sp³-hybridized carbons (Fsp3) is 0.500. The minimum absolute atomic E-state index is 0.0941. The van der Waals surface area contributed by atoms with Gasteiger partial charge in [0.25, 0.3) is 5.69 Å². The molecule has 0 radical (unpaired) electrons. The Morgan fingerprint density at radius 2 is 2.18 bits per heavy atom. The molecule has 1 aromatic heterocycles. The van der Waals surface area contributed by atoms with Gasteiger partial charge in [-0.2, -0.15) is 0 Å². The lowest BCUT2D eigenvalue weighted by atomic mass is 9.98. The smallest absolute Gasteiger partial charge is 0.274 e. The van der Waals surface area contributed by atoms with Crippen LogP contribution >= 0.6 is 0 Å². The van der Waals surface area contributed by atoms with Crippen molar-refractivity contribution in [3.05, 3.63) is 28.4 Å². The van der Waals surface area contributed by atoms with Crippen molar-refractivity contribution in [2.75, 3.05) is 18.5 Å². The maximum Gasteiger partial charge on any atom is 0.274 e. The van der Waals surface area contributed by atoms with Crippen LogP contribution in [0.1, 0.15) is 13.3 Å². The quantitative estimate of drug-likeness (QED) is 0.495. The average molecular weight is 241 g/mol. The van der Waals surface area contributed by atoms with E-state index in [4.69, 9.17) is 0 Å². The minimum Gasteiger partial charge on any atom is -0.394 e. The molecule has 1 rings (SSSR count). The molecule has 0 spiro atoms. The Labute approximate surface area is 98.3 Å². The van der Waals surface area contributed by atoms with Crippen molar-refractivity contribution in [1.82, 2.24) is 4.98 Å². The second-order valence-corrected chi connectivity index (χ2v) is 3.73. The van der Waals surface area contributed by atoms with Crippen LogP contribution in [0.4, 0.5) is 11.5 Å². The molecule has 0 fully saturated rings. The van der Waals surface area contributed by atoms with E-state index in [-0.39, 0.29) is 24.7 Å². The minimum atomic E-state index is -0.914. The molecule has 1 aromatic rings. The standard InChI is InChI=1S/C10H15N3O4/c1-2-10(6-14,7-15)12-9-5-8(13(16)17)3-4-11-9/h3-5,14-15H,2,6-7H2,1H3,(H,11,12). The zero-order valence-electron chi connectivity index (χ0n) is 9.46. The molecule has 0 aromatic carbocycles. The monoisotopic (exact) mass is 241 g/mol. The summed E-state index contributed by atoms with van der Waals surface area (Å²) in [5.74, 6) is 0.254. The predicted octanol–water partition coefficient (Wildman–Crippen LogP) is 0.535. The van der Waals surface area contributed by atoms with Crippen LogP contribution in [0.25, 0.3) is 0 Å². The molecule has 7 nitrogen and oxygen atoms in total. The van der Waals surface area contributed by atoms with Crippen molar-refractivity contribution in [3.8, 4) is 0 Å². The van der Waals surface area contributed by atoms with E-state index in [0.29, 0.717) is 6.42 Å². The van der Waals surface area contributed by atoms with E-state index in [9.17, 15) is 20.3 Å². The molecule has 0 aliphatic rings. The van der Waals surface area contributed by atoms with Crippen molar-refractivity contribution in [2.24, 2.45) is 0 Å². The summed E-state index contributed by atoms with van der Waals surface area (Å²) in [6.07, 6.45) is 1.76. The number of hydrogen-bond donors (Lipinski definition) is 3. The first kappa shape index (κ1) is 13.3. The number of aromatic nitrogens is 1. The summed E-state index contributed by atoms with van der Waals surface area (Å²) in [6, 6.07) is 2.53. The van der Waals surface area contributed by atoms with Crippen LogP contribution in [0, 0.1) is 10.1 Å². The van der Waals surface area contributed by atoms with Crippen molar-refractivity contribution < 1.29 is 15.1 Å². The molecule has 17 heavy (non-hydrogen) atoms. The molecule has 1 heterocycles. The molecule has 94 valence electrons. The summed E-state index contributed by atoms with van der Waals surface area (Å²) in [7, 11) is 0. The molecule has 0 atom stereocenters. The number of hydrogen-bond acceptors (Lipinski definition) is 6. The van der Waals surface area contributed by atoms with Crippen molar-refractivity contribution in [1.29, 1.82) is 0 Å². The number of rotatable bonds is 6. The zero-order chi connectivity index (χ0) is 12.9. The lowest BCUT2D eigenvalue weighted by Gasteiger charge is -2.30. The number of nitrogens with one attached hydrogen (secondary N) is 1. The maximum absolute atomic E-state index is 10.6. The van der Waals surface area contributed by atoms with Crippen LogP contribution in [0.15, 0.2) is 18.3 Å². The van der Waals surface area contributed by atoms with Gasteiger partial charge in [0.15, 0.2) is 0 Å². The normalized spacial score (nSPS) is 11.2. The highest BCUT2D eigenvalue weighted by molar-refractivity contribution is 5.46. The largest absolute Gasteiger partial charge is 0.394 e. The summed E-state index contributed by atoms with van der Waals surface area (Å²) in [6.45, 7) is 1.21. The van der Waals surface area contributed by atoms with Crippen LogP contribution in [0.5, 0.6) is 0 Å². The van der Waals surface area contributed by atoms with Crippen LogP contribution < -0.4 is 5.32 Å². The van der Waals surface area contributed by atoms with Crippen molar-refractivity contribution in [3.63, 3.8) is 0 Å². The van der Waals surface area contributed by atoms with Gasteiger partial charge < -0.3 is 15.5 Å². The summed E-state index contributed by atoms with van der Waals surface area (Å²) < 4.78 is 0. The molecular weight excluding hydrogens is 226 g/mol. The fourth-order valence-corrected chi connectivity index (χ4v) is 1.31. The number of aliphatic hydroxyl groups is 2. The van der Waals surface area contributed by atoms with E-state index in [1.54, 1.807) is 6.92 Å². The Hall–Kier alpha value is -1.73. The predicted molar refractivity (Wildman–Crippen MR) is 61.7 cm³/mol. The van der Waals surface area contributed by atoms with E-state index >= 15 is 0 Å². The van der Waals surface area contributed by atoms with E-state index in [1.165, 1.54) is 18.3 Å². The first-order chi connectivity index (χ1) is 8.06. The topological polar surface area (TPSA) is 109 Å². The molecule has 0 unspecified atom stereocenters. The zero-order valence-corrected chi connectivity index (χ0v) is 9.46. The second-order valence-electron chi connectivity index (χ2n) is 3.73. The third-order valence-electron chi connectivity index (χ3n) is 2.63. The Morgan fingerprint density at radius 1 is 1.53 bits per heavy atom. The summed E-state index contributed by atoms with van der Waals surface area (Å²) in [5, 5.41) is 31.9. The van der Waals surface area contributed by atoms with Crippen LogP contribution in [0.3, 0.4) is 0 Å². The van der Waals surface area contributed by atoms with Crippen LogP contribution in [-0.4, -0.2) is 38.9 Å². The number of pyridine rings is 1. The molecule has 0 bridgehead atoms. The Bertz CT molecular complexity index is 385. The third-order valence-corrected chi connectivity index (χ3v) is 2.63. The van der Waals surface area contributed by atoms with Gasteiger partial charge in [-0.25, -0.2) is 4.98 Å². The Kier molecular flexibility index (Phi) is 4.36. The van der Waals surface area contributed by atoms with Crippen molar-refractivity contribution >= 4 is 11.5 Å². The van der Waals surface area contributed by atoms with E-state index in [0.717, 1.165) is 0 Å². The molecule has 0 aliphatic carbocycles. The fourth-order valence-electron chi connectivity index (χ4n) is 1.31.